The normalized spacial score (nSPS) is 13.2. The molecule has 0 aromatic heterocycles. The van der Waals surface area contributed by atoms with Crippen LogP contribution in [0.2, 0.25) is 0 Å². The third-order valence-electron chi connectivity index (χ3n) is 2.53. The van der Waals surface area contributed by atoms with Gasteiger partial charge in [-0.2, -0.15) is 0 Å². The van der Waals surface area contributed by atoms with E-state index in [4.69, 9.17) is 0 Å². The fourth-order valence-corrected chi connectivity index (χ4v) is 2.17. The van der Waals surface area contributed by atoms with E-state index in [1.54, 1.807) is 0 Å². The summed E-state index contributed by atoms with van der Waals surface area (Å²) in [5.41, 5.74) is 1.04. The number of halogens is 1. The van der Waals surface area contributed by atoms with Gasteiger partial charge in [0.05, 0.1) is 12.6 Å². The number of rotatable bonds is 4. The summed E-state index contributed by atoms with van der Waals surface area (Å²) in [6.07, 6.45) is 0. The lowest BCUT2D eigenvalue weighted by atomic mass is 10.1. The van der Waals surface area contributed by atoms with Gasteiger partial charge in [-0.1, -0.05) is 34.1 Å². The maximum atomic E-state index is 11.8. The van der Waals surface area contributed by atoms with Gasteiger partial charge in [0.1, 0.15) is 0 Å². The number of carbonyl (C=O) groups excluding carboxylic acids is 1. The largest absolute Gasteiger partial charge is 0.348 e. The molecule has 0 aliphatic heterocycles. The number of carbonyl (C=O) groups is 1. The predicted molar refractivity (Wildman–Crippen MR) is 78.5 cm³/mol. The molecule has 0 fully saturated rings. The van der Waals surface area contributed by atoms with Crippen molar-refractivity contribution in [1.82, 2.24) is 10.6 Å². The second-order valence-electron chi connectivity index (χ2n) is 5.41. The van der Waals surface area contributed by atoms with Crippen molar-refractivity contribution in [3.63, 3.8) is 0 Å². The zero-order valence-electron chi connectivity index (χ0n) is 11.4. The molecule has 0 heterocycles. The van der Waals surface area contributed by atoms with Gasteiger partial charge in [0, 0.05) is 10.0 Å². The molecule has 0 bridgehead atoms. The molecule has 4 heteroatoms. The molecule has 0 aliphatic carbocycles. The number of amides is 1. The SMILES string of the molecule is C[C@H](NC(=O)CNC(C)(C)C)c1ccccc1Br. The molecule has 0 unspecified atom stereocenters. The first kappa shape index (κ1) is 15.2. The van der Waals surface area contributed by atoms with Crippen LogP contribution in [0.15, 0.2) is 28.7 Å². The Hall–Kier alpha value is -0.870. The Labute approximate surface area is 117 Å². The van der Waals surface area contributed by atoms with E-state index in [1.165, 1.54) is 0 Å². The average Bonchev–Trinajstić information content (AvgIpc) is 2.26. The molecule has 1 aromatic carbocycles. The lowest BCUT2D eigenvalue weighted by molar-refractivity contribution is -0.121. The summed E-state index contributed by atoms with van der Waals surface area (Å²) in [5, 5.41) is 6.15. The highest BCUT2D eigenvalue weighted by atomic mass is 79.9. The van der Waals surface area contributed by atoms with Crippen molar-refractivity contribution in [2.24, 2.45) is 0 Å². The van der Waals surface area contributed by atoms with Crippen LogP contribution in [-0.4, -0.2) is 18.0 Å². The Morgan fingerprint density at radius 2 is 1.94 bits per heavy atom. The second kappa shape index (κ2) is 6.34. The Kier molecular flexibility index (Phi) is 5.35. The van der Waals surface area contributed by atoms with Crippen molar-refractivity contribution in [1.29, 1.82) is 0 Å². The lowest BCUT2D eigenvalue weighted by Crippen LogP contribution is -2.43. The van der Waals surface area contributed by atoms with Gasteiger partial charge >= 0.3 is 0 Å². The number of nitrogens with one attached hydrogen (secondary N) is 2. The minimum atomic E-state index is -0.0477. The molecule has 0 saturated carbocycles. The first-order valence-electron chi connectivity index (χ1n) is 6.08. The van der Waals surface area contributed by atoms with Gasteiger partial charge in [-0.3, -0.25) is 4.79 Å². The summed E-state index contributed by atoms with van der Waals surface area (Å²) < 4.78 is 1.02. The maximum absolute atomic E-state index is 11.8. The minimum Gasteiger partial charge on any atom is -0.348 e. The van der Waals surface area contributed by atoms with E-state index in [0.29, 0.717) is 6.54 Å². The zero-order chi connectivity index (χ0) is 13.8. The lowest BCUT2D eigenvalue weighted by Gasteiger charge is -2.21. The fraction of sp³-hybridized carbons (Fsp3) is 0.500. The molecule has 2 N–H and O–H groups in total. The summed E-state index contributed by atoms with van der Waals surface area (Å²) in [4.78, 5) is 11.8. The predicted octanol–water partition coefficient (Wildman–Crippen LogP) is 3.01. The van der Waals surface area contributed by atoms with E-state index in [1.807, 2.05) is 52.0 Å². The third-order valence-corrected chi connectivity index (χ3v) is 3.25. The monoisotopic (exact) mass is 312 g/mol. The summed E-state index contributed by atoms with van der Waals surface area (Å²) in [5.74, 6) is 0.00757. The van der Waals surface area contributed by atoms with Gasteiger partial charge in [-0.05, 0) is 39.3 Å². The van der Waals surface area contributed by atoms with Gasteiger partial charge in [-0.15, -0.1) is 0 Å². The molecular formula is C14H21BrN2O. The Bertz CT molecular complexity index is 413. The molecule has 1 aromatic rings. The molecule has 0 saturated heterocycles. The Morgan fingerprint density at radius 3 is 2.50 bits per heavy atom. The van der Waals surface area contributed by atoms with Crippen molar-refractivity contribution in [3.05, 3.63) is 34.3 Å². The van der Waals surface area contributed by atoms with Gasteiger partial charge in [0.2, 0.25) is 5.91 Å². The van der Waals surface area contributed by atoms with Crippen molar-refractivity contribution in [2.75, 3.05) is 6.54 Å². The molecule has 0 spiro atoms. The summed E-state index contributed by atoms with van der Waals surface area (Å²) >= 11 is 3.49. The highest BCUT2D eigenvalue weighted by Gasteiger charge is 2.14. The Balaban J connectivity index is 2.53. The van der Waals surface area contributed by atoms with E-state index in [2.05, 4.69) is 26.6 Å². The summed E-state index contributed by atoms with van der Waals surface area (Å²) in [6.45, 7) is 8.43. The highest BCUT2D eigenvalue weighted by molar-refractivity contribution is 9.10. The van der Waals surface area contributed by atoms with E-state index in [-0.39, 0.29) is 17.5 Å². The molecule has 3 nitrogen and oxygen atoms in total. The Morgan fingerprint density at radius 1 is 1.33 bits per heavy atom. The standard InChI is InChI=1S/C14H21BrN2O/c1-10(11-7-5-6-8-12(11)15)17-13(18)9-16-14(2,3)4/h5-8,10,16H,9H2,1-4H3,(H,17,18)/t10-/m0/s1. The van der Waals surface area contributed by atoms with Crippen LogP contribution < -0.4 is 10.6 Å². The zero-order valence-corrected chi connectivity index (χ0v) is 13.0. The van der Waals surface area contributed by atoms with Crippen molar-refractivity contribution in [3.8, 4) is 0 Å². The molecule has 0 radical (unpaired) electrons. The van der Waals surface area contributed by atoms with Crippen LogP contribution in [0.4, 0.5) is 0 Å². The molecule has 1 atom stereocenters. The van der Waals surface area contributed by atoms with Gasteiger partial charge in [0.25, 0.3) is 0 Å². The van der Waals surface area contributed by atoms with Gasteiger partial charge < -0.3 is 10.6 Å². The van der Waals surface area contributed by atoms with Crippen molar-refractivity contribution < 1.29 is 4.79 Å². The van der Waals surface area contributed by atoms with Crippen molar-refractivity contribution >= 4 is 21.8 Å². The smallest absolute Gasteiger partial charge is 0.234 e. The van der Waals surface area contributed by atoms with Crippen LogP contribution in [0.25, 0.3) is 0 Å². The van der Waals surface area contributed by atoms with Crippen LogP contribution in [0, 0.1) is 0 Å². The topological polar surface area (TPSA) is 41.1 Å². The number of benzene rings is 1. The summed E-state index contributed by atoms with van der Waals surface area (Å²) in [6, 6.07) is 7.91. The van der Waals surface area contributed by atoms with E-state index in [9.17, 15) is 4.79 Å². The molecular weight excluding hydrogens is 292 g/mol. The summed E-state index contributed by atoms with van der Waals surface area (Å²) in [7, 11) is 0. The van der Waals surface area contributed by atoms with Crippen LogP contribution in [-0.2, 0) is 4.79 Å². The van der Waals surface area contributed by atoms with Crippen LogP contribution in [0.5, 0.6) is 0 Å². The molecule has 0 aliphatic rings. The first-order chi connectivity index (χ1) is 8.29. The quantitative estimate of drug-likeness (QED) is 0.897. The second-order valence-corrected chi connectivity index (χ2v) is 6.27. The first-order valence-corrected chi connectivity index (χ1v) is 6.88. The fourth-order valence-electron chi connectivity index (χ4n) is 1.54. The van der Waals surface area contributed by atoms with Gasteiger partial charge in [0.15, 0.2) is 0 Å². The van der Waals surface area contributed by atoms with Crippen LogP contribution in [0.1, 0.15) is 39.3 Å². The maximum Gasteiger partial charge on any atom is 0.234 e. The number of hydrogen-bond acceptors (Lipinski definition) is 2. The number of hydrogen-bond donors (Lipinski definition) is 2. The van der Waals surface area contributed by atoms with E-state index in [0.717, 1.165) is 10.0 Å². The van der Waals surface area contributed by atoms with Crippen molar-refractivity contribution in [2.45, 2.75) is 39.3 Å². The molecule has 100 valence electrons. The van der Waals surface area contributed by atoms with E-state index >= 15 is 0 Å². The molecule has 1 rings (SSSR count). The van der Waals surface area contributed by atoms with E-state index < -0.39 is 0 Å². The highest BCUT2D eigenvalue weighted by Crippen LogP contribution is 2.22. The minimum absolute atomic E-state index is 0.00477. The van der Waals surface area contributed by atoms with Crippen LogP contribution >= 0.6 is 15.9 Å². The molecule has 18 heavy (non-hydrogen) atoms. The van der Waals surface area contributed by atoms with Gasteiger partial charge in [-0.25, -0.2) is 0 Å². The molecule has 1 amide bonds. The average molecular weight is 313 g/mol. The van der Waals surface area contributed by atoms with Crippen LogP contribution in [0.3, 0.4) is 0 Å². The third kappa shape index (κ3) is 5.19.